The van der Waals surface area contributed by atoms with Crippen molar-refractivity contribution in [3.63, 3.8) is 0 Å². The molecule has 0 spiro atoms. The summed E-state index contributed by atoms with van der Waals surface area (Å²) < 4.78 is 0. The molecule has 2 unspecified atom stereocenters. The molecule has 3 atom stereocenters. The van der Waals surface area contributed by atoms with Crippen LogP contribution in [0.25, 0.3) is 0 Å². The third kappa shape index (κ3) is 5.62. The van der Waals surface area contributed by atoms with Gasteiger partial charge in [-0.2, -0.15) is 11.8 Å². The first-order chi connectivity index (χ1) is 11.4. The van der Waals surface area contributed by atoms with Gasteiger partial charge in [-0.15, -0.1) is 12.4 Å². The molecule has 3 N–H and O–H groups in total. The quantitative estimate of drug-likeness (QED) is 0.814. The molecule has 0 aromatic heterocycles. The predicted molar refractivity (Wildman–Crippen MR) is 106 cm³/mol. The van der Waals surface area contributed by atoms with Crippen molar-refractivity contribution in [1.29, 1.82) is 0 Å². The number of carbonyl (C=O) groups is 2. The summed E-state index contributed by atoms with van der Waals surface area (Å²) in [7, 11) is 0. The van der Waals surface area contributed by atoms with E-state index >= 15 is 0 Å². The van der Waals surface area contributed by atoms with Gasteiger partial charge in [0.1, 0.15) is 0 Å². The molecule has 0 bridgehead atoms. The Morgan fingerprint density at radius 2 is 1.96 bits per heavy atom. The lowest BCUT2D eigenvalue weighted by Gasteiger charge is -2.40. The van der Waals surface area contributed by atoms with E-state index in [1.807, 2.05) is 48.7 Å². The maximum absolute atomic E-state index is 12.7. The average molecular weight is 386 g/mol. The zero-order valence-corrected chi connectivity index (χ0v) is 16.6. The molecule has 5 nitrogen and oxygen atoms in total. The number of amides is 2. The zero-order valence-electron chi connectivity index (χ0n) is 15.0. The van der Waals surface area contributed by atoms with Gasteiger partial charge >= 0.3 is 0 Å². The zero-order chi connectivity index (χ0) is 17.7. The number of thioether (sulfide) groups is 1. The Bertz CT molecular complexity index is 571. The first kappa shape index (κ1) is 21.8. The van der Waals surface area contributed by atoms with Gasteiger partial charge in [-0.1, -0.05) is 51.1 Å². The van der Waals surface area contributed by atoms with Gasteiger partial charge in [-0.25, -0.2) is 0 Å². The van der Waals surface area contributed by atoms with Crippen LogP contribution in [0.2, 0.25) is 0 Å². The largest absolute Gasteiger partial charge is 0.346 e. The number of carbonyl (C=O) groups excluding carboxylic acids is 2. The van der Waals surface area contributed by atoms with Crippen LogP contribution in [0.5, 0.6) is 0 Å². The number of benzene rings is 1. The normalized spacial score (nSPS) is 21.4. The van der Waals surface area contributed by atoms with Crippen LogP contribution in [0.15, 0.2) is 30.3 Å². The van der Waals surface area contributed by atoms with Crippen molar-refractivity contribution in [3.8, 4) is 0 Å². The highest BCUT2D eigenvalue weighted by molar-refractivity contribution is 8.00. The van der Waals surface area contributed by atoms with Gasteiger partial charge in [0.25, 0.3) is 0 Å². The summed E-state index contributed by atoms with van der Waals surface area (Å²) in [6.45, 7) is 6.62. The molecule has 1 aromatic rings. The number of nitrogens with one attached hydrogen (secondary N) is 1. The third-order valence-electron chi connectivity index (χ3n) is 4.39. The van der Waals surface area contributed by atoms with Gasteiger partial charge < -0.3 is 16.0 Å². The number of nitrogens with zero attached hydrogens (tertiary/aromatic N) is 1. The molecule has 1 fully saturated rings. The van der Waals surface area contributed by atoms with Gasteiger partial charge in [0, 0.05) is 17.5 Å². The molecule has 2 amide bonds. The van der Waals surface area contributed by atoms with E-state index in [-0.39, 0.29) is 42.7 Å². The highest BCUT2D eigenvalue weighted by Gasteiger charge is 2.33. The molecular weight excluding hydrogens is 358 g/mol. The number of hydrogen-bond acceptors (Lipinski definition) is 4. The SMILES string of the molecule is CC1SCCN(C(=O)CNC(=O)[C@@H](N)C(C)C)C1c1ccccc1.Cl. The summed E-state index contributed by atoms with van der Waals surface area (Å²) in [5, 5.41) is 3.00. The smallest absolute Gasteiger partial charge is 0.242 e. The minimum Gasteiger partial charge on any atom is -0.346 e. The minimum atomic E-state index is -0.585. The Kier molecular flexibility index (Phi) is 8.76. The van der Waals surface area contributed by atoms with Crippen LogP contribution in [0, 0.1) is 5.92 Å². The molecule has 1 heterocycles. The van der Waals surface area contributed by atoms with Crippen LogP contribution >= 0.6 is 24.2 Å². The van der Waals surface area contributed by atoms with Crippen molar-refractivity contribution in [2.24, 2.45) is 11.7 Å². The summed E-state index contributed by atoms with van der Waals surface area (Å²) in [6.07, 6.45) is 0. The van der Waals surface area contributed by atoms with Crippen molar-refractivity contribution in [2.75, 3.05) is 18.8 Å². The lowest BCUT2D eigenvalue weighted by atomic mass is 10.0. The number of nitrogens with two attached hydrogens (primary N) is 1. The summed E-state index contributed by atoms with van der Waals surface area (Å²) in [6, 6.07) is 9.53. The van der Waals surface area contributed by atoms with Crippen LogP contribution < -0.4 is 11.1 Å². The van der Waals surface area contributed by atoms with E-state index in [4.69, 9.17) is 5.73 Å². The molecule has 140 valence electrons. The maximum Gasteiger partial charge on any atom is 0.242 e. The van der Waals surface area contributed by atoms with Crippen molar-refractivity contribution >= 4 is 36.0 Å². The van der Waals surface area contributed by atoms with Gasteiger partial charge in [0.15, 0.2) is 0 Å². The van der Waals surface area contributed by atoms with E-state index in [0.29, 0.717) is 11.8 Å². The molecular formula is C18H28ClN3O2S. The van der Waals surface area contributed by atoms with Gasteiger partial charge in [0.05, 0.1) is 18.6 Å². The molecule has 0 radical (unpaired) electrons. The lowest BCUT2D eigenvalue weighted by molar-refractivity contribution is -0.135. The van der Waals surface area contributed by atoms with Gasteiger partial charge in [-0.05, 0) is 11.5 Å². The molecule has 0 saturated carbocycles. The summed E-state index contributed by atoms with van der Waals surface area (Å²) in [5.74, 6) is 0.633. The summed E-state index contributed by atoms with van der Waals surface area (Å²) in [5.41, 5.74) is 6.96. The molecule has 7 heteroatoms. The predicted octanol–water partition coefficient (Wildman–Crippen LogP) is 2.21. The molecule has 1 aromatic carbocycles. The first-order valence-corrected chi connectivity index (χ1v) is 9.46. The van der Waals surface area contributed by atoms with Crippen LogP contribution in [-0.4, -0.2) is 46.8 Å². The fourth-order valence-electron chi connectivity index (χ4n) is 2.89. The highest BCUT2D eigenvalue weighted by atomic mass is 35.5. The number of hydrogen-bond donors (Lipinski definition) is 2. The van der Waals surface area contributed by atoms with E-state index in [1.54, 1.807) is 0 Å². The van der Waals surface area contributed by atoms with Crippen LogP contribution in [0.4, 0.5) is 0 Å². The fourth-order valence-corrected chi connectivity index (χ4v) is 4.05. The van der Waals surface area contributed by atoms with Gasteiger partial charge in [-0.3, -0.25) is 9.59 Å². The van der Waals surface area contributed by atoms with Crippen LogP contribution in [-0.2, 0) is 9.59 Å². The molecule has 1 saturated heterocycles. The lowest BCUT2D eigenvalue weighted by Crippen LogP contribution is -2.50. The Morgan fingerprint density at radius 1 is 1.32 bits per heavy atom. The standard InChI is InChI=1S/C18H27N3O2S.ClH/c1-12(2)16(19)18(23)20-11-15(22)21-9-10-24-13(3)17(21)14-7-5-4-6-8-14;/h4-8,12-13,16-17H,9-11,19H2,1-3H3,(H,20,23);1H/t13?,16-,17?;/m0./s1. The topological polar surface area (TPSA) is 75.4 Å². The van der Waals surface area contributed by atoms with E-state index in [2.05, 4.69) is 24.4 Å². The Balaban J connectivity index is 0.00000312. The Labute approximate surface area is 160 Å². The van der Waals surface area contributed by atoms with Gasteiger partial charge in [0.2, 0.25) is 11.8 Å². The second-order valence-corrected chi connectivity index (χ2v) is 7.99. The fraction of sp³-hybridized carbons (Fsp3) is 0.556. The van der Waals surface area contributed by atoms with Crippen molar-refractivity contribution in [3.05, 3.63) is 35.9 Å². The second-order valence-electron chi connectivity index (χ2n) is 6.51. The summed E-state index contributed by atoms with van der Waals surface area (Å²) >= 11 is 1.87. The maximum atomic E-state index is 12.7. The Hall–Kier alpha value is -1.24. The molecule has 0 aliphatic carbocycles. The Morgan fingerprint density at radius 3 is 2.56 bits per heavy atom. The van der Waals surface area contributed by atoms with E-state index < -0.39 is 6.04 Å². The third-order valence-corrected chi connectivity index (χ3v) is 5.59. The first-order valence-electron chi connectivity index (χ1n) is 8.41. The molecule has 1 aliphatic rings. The van der Waals surface area contributed by atoms with Crippen molar-refractivity contribution in [1.82, 2.24) is 10.2 Å². The highest BCUT2D eigenvalue weighted by Crippen LogP contribution is 2.35. The van der Waals surface area contributed by atoms with Crippen LogP contribution in [0.1, 0.15) is 32.4 Å². The molecule has 2 rings (SSSR count). The molecule has 25 heavy (non-hydrogen) atoms. The van der Waals surface area contributed by atoms with E-state index in [9.17, 15) is 9.59 Å². The van der Waals surface area contributed by atoms with Crippen LogP contribution in [0.3, 0.4) is 0 Å². The van der Waals surface area contributed by atoms with E-state index in [0.717, 1.165) is 11.3 Å². The average Bonchev–Trinajstić information content (AvgIpc) is 2.59. The monoisotopic (exact) mass is 385 g/mol. The number of halogens is 1. The summed E-state index contributed by atoms with van der Waals surface area (Å²) in [4.78, 5) is 26.5. The number of rotatable bonds is 5. The van der Waals surface area contributed by atoms with Crippen molar-refractivity contribution < 1.29 is 9.59 Å². The second kappa shape index (κ2) is 10.0. The van der Waals surface area contributed by atoms with E-state index in [1.165, 1.54) is 0 Å². The van der Waals surface area contributed by atoms with Crippen molar-refractivity contribution in [2.45, 2.75) is 38.1 Å². The molecule has 1 aliphatic heterocycles. The minimum absolute atomic E-state index is 0.